The van der Waals surface area contributed by atoms with Crippen LogP contribution in [0.3, 0.4) is 0 Å². The normalized spacial score (nSPS) is 15.9. The smallest absolute Gasteiger partial charge is 0.410 e. The number of nitrogens with one attached hydrogen (secondary N) is 1. The third-order valence-corrected chi connectivity index (χ3v) is 9.56. The molecule has 14 heteroatoms. The number of carbonyl (C=O) groups excluding carboxylic acids is 2. The van der Waals surface area contributed by atoms with Crippen LogP contribution in [0.1, 0.15) is 44.1 Å². The molecule has 0 saturated carbocycles. The van der Waals surface area contributed by atoms with Crippen LogP contribution < -0.4 is 5.32 Å². The van der Waals surface area contributed by atoms with Crippen LogP contribution in [0.2, 0.25) is 30.8 Å². The van der Waals surface area contributed by atoms with Crippen molar-refractivity contribution in [1.29, 1.82) is 0 Å². The van der Waals surface area contributed by atoms with E-state index in [0.29, 0.717) is 47.7 Å². The molecule has 4 aromatic rings. The number of amides is 1. The molecule has 0 bridgehead atoms. The van der Waals surface area contributed by atoms with Crippen LogP contribution in [0.15, 0.2) is 30.7 Å². The Morgan fingerprint density at radius 1 is 1.16 bits per heavy atom. The van der Waals surface area contributed by atoms with Crippen molar-refractivity contribution in [1.82, 2.24) is 28.8 Å². The molecule has 1 saturated heterocycles. The number of hydrogen-bond donors (Lipinski definition) is 1. The molecule has 0 aromatic carbocycles. The Balaban J connectivity index is 1.51. The number of pyridine rings is 1. The van der Waals surface area contributed by atoms with Crippen LogP contribution in [0, 0.1) is 0 Å². The second kappa shape index (κ2) is 13.0. The molecule has 1 amide bonds. The monoisotopic (exact) mass is 655 g/mol. The zero-order valence-electron chi connectivity index (χ0n) is 27.0. The van der Waals surface area contributed by atoms with Gasteiger partial charge in [0.25, 0.3) is 0 Å². The molecule has 5 rings (SSSR count). The number of imidazole rings is 1. The number of esters is 1. The number of halogens is 1. The molecule has 1 atom stereocenters. The van der Waals surface area contributed by atoms with Gasteiger partial charge in [0.1, 0.15) is 28.8 Å². The Morgan fingerprint density at radius 3 is 2.64 bits per heavy atom. The van der Waals surface area contributed by atoms with Gasteiger partial charge in [0.15, 0.2) is 17.2 Å². The lowest BCUT2D eigenvalue weighted by Crippen LogP contribution is -2.47. The lowest BCUT2D eigenvalue weighted by molar-refractivity contribution is 0.0206. The number of hydrogen-bond acceptors (Lipinski definition) is 9. The Hall–Kier alpha value is -3.68. The van der Waals surface area contributed by atoms with Gasteiger partial charge < -0.3 is 29.0 Å². The van der Waals surface area contributed by atoms with E-state index in [2.05, 4.69) is 34.9 Å². The van der Waals surface area contributed by atoms with Crippen molar-refractivity contribution in [3.05, 3.63) is 41.6 Å². The summed E-state index contributed by atoms with van der Waals surface area (Å²) in [6.45, 7) is 14.5. The summed E-state index contributed by atoms with van der Waals surface area (Å²) in [5.74, 6) is 0.0168. The number of methoxy groups -OCH3 is 1. The van der Waals surface area contributed by atoms with E-state index in [1.807, 2.05) is 37.6 Å². The number of likely N-dealkylation sites (tertiary alicyclic amines) is 1. The number of aromatic nitrogens is 5. The van der Waals surface area contributed by atoms with E-state index in [4.69, 9.17) is 30.8 Å². The topological polar surface area (TPSA) is 125 Å². The maximum Gasteiger partial charge on any atom is 0.410 e. The van der Waals surface area contributed by atoms with Gasteiger partial charge in [-0.2, -0.15) is 0 Å². The fraction of sp³-hybridized carbons (Fsp3) is 0.516. The average molecular weight is 656 g/mol. The summed E-state index contributed by atoms with van der Waals surface area (Å²) in [7, 11) is 0.0476. The minimum Gasteiger partial charge on any atom is -0.464 e. The SMILES string of the molecule is COC(=O)c1ccc2c(-c3nc(N[C@H]4CCCN(C(=O)OC(C)(C)C)C4)c4nccn4c3Cl)cn(COCC[Si](C)(C)C)c2n1. The minimum absolute atomic E-state index is 0.0707. The van der Waals surface area contributed by atoms with Crippen molar-refractivity contribution < 1.29 is 23.8 Å². The van der Waals surface area contributed by atoms with Gasteiger partial charge in [-0.25, -0.2) is 24.5 Å². The summed E-state index contributed by atoms with van der Waals surface area (Å²) in [6.07, 6.45) is 6.70. The first-order chi connectivity index (χ1) is 21.2. The van der Waals surface area contributed by atoms with Crippen LogP contribution in [0.4, 0.5) is 10.6 Å². The molecule has 0 radical (unpaired) electrons. The highest BCUT2D eigenvalue weighted by molar-refractivity contribution is 6.76. The second-order valence-corrected chi connectivity index (χ2v) is 19.5. The molecule has 45 heavy (non-hydrogen) atoms. The quantitative estimate of drug-likeness (QED) is 0.125. The largest absolute Gasteiger partial charge is 0.464 e. The highest BCUT2D eigenvalue weighted by atomic mass is 35.5. The molecular weight excluding hydrogens is 614 g/mol. The van der Waals surface area contributed by atoms with Gasteiger partial charge in [-0.05, 0) is 51.8 Å². The molecular formula is C31H42ClN7O5Si. The van der Waals surface area contributed by atoms with E-state index in [0.717, 1.165) is 29.8 Å². The van der Waals surface area contributed by atoms with E-state index in [-0.39, 0.29) is 24.6 Å². The predicted octanol–water partition coefficient (Wildman–Crippen LogP) is 6.31. The Kier molecular flexibility index (Phi) is 9.43. The summed E-state index contributed by atoms with van der Waals surface area (Å²) < 4.78 is 20.3. The predicted molar refractivity (Wildman–Crippen MR) is 177 cm³/mol. The third kappa shape index (κ3) is 7.59. The van der Waals surface area contributed by atoms with Gasteiger partial charge in [0.05, 0.1) is 7.11 Å². The van der Waals surface area contributed by atoms with Crippen molar-refractivity contribution >= 4 is 54.2 Å². The zero-order valence-corrected chi connectivity index (χ0v) is 28.8. The first-order valence-corrected chi connectivity index (χ1v) is 19.3. The summed E-state index contributed by atoms with van der Waals surface area (Å²) in [6, 6.07) is 4.40. The lowest BCUT2D eigenvalue weighted by Gasteiger charge is -2.34. The molecule has 0 aliphatic carbocycles. The number of anilines is 1. The van der Waals surface area contributed by atoms with E-state index < -0.39 is 19.6 Å². The van der Waals surface area contributed by atoms with E-state index >= 15 is 0 Å². The number of carbonyl (C=O) groups is 2. The van der Waals surface area contributed by atoms with Crippen LogP contribution in [0.25, 0.3) is 27.9 Å². The molecule has 5 heterocycles. The van der Waals surface area contributed by atoms with Gasteiger partial charge in [0.2, 0.25) is 0 Å². The Bertz CT molecular complexity index is 1710. The average Bonchev–Trinajstić information content (AvgIpc) is 3.61. The summed E-state index contributed by atoms with van der Waals surface area (Å²) in [5.41, 5.74) is 1.99. The highest BCUT2D eigenvalue weighted by Crippen LogP contribution is 2.36. The number of nitrogens with zero attached hydrogens (tertiary/aromatic N) is 6. The number of piperidine rings is 1. The fourth-order valence-corrected chi connectivity index (χ4v) is 6.26. The molecule has 1 N–H and O–H groups in total. The van der Waals surface area contributed by atoms with Crippen LogP contribution in [-0.4, -0.2) is 87.4 Å². The summed E-state index contributed by atoms with van der Waals surface area (Å²) in [4.78, 5) is 41.0. The number of fused-ring (bicyclic) bond motifs is 2. The molecule has 242 valence electrons. The second-order valence-electron chi connectivity index (χ2n) is 13.6. The standard InChI is InChI=1S/C31H42ClN7O5Si/c1-31(2,3)44-30(41)37-13-8-9-20(17-37)34-26-28-33-12-14-39(28)25(32)24(36-26)22-18-38(19-43-15-16-45(5,6)7)27-21(22)10-11-23(35-27)29(40)42-4/h10-12,14,18,20H,8-9,13,15-17,19H2,1-7H3,(H,34,36)/t20-/m0/s1. The Morgan fingerprint density at radius 2 is 1.93 bits per heavy atom. The number of rotatable bonds is 9. The maximum absolute atomic E-state index is 12.8. The van der Waals surface area contributed by atoms with Crippen molar-refractivity contribution in [2.75, 3.05) is 32.1 Å². The molecule has 1 aliphatic heterocycles. The third-order valence-electron chi connectivity index (χ3n) is 7.50. The van der Waals surface area contributed by atoms with Gasteiger partial charge >= 0.3 is 12.1 Å². The van der Waals surface area contributed by atoms with Crippen LogP contribution in [-0.2, 0) is 20.9 Å². The molecule has 0 spiro atoms. The van der Waals surface area contributed by atoms with Crippen molar-refractivity contribution in [2.45, 2.75) is 77.7 Å². The first kappa shape index (κ1) is 32.7. The van der Waals surface area contributed by atoms with E-state index in [1.165, 1.54) is 7.11 Å². The molecule has 1 fully saturated rings. The van der Waals surface area contributed by atoms with Crippen molar-refractivity contribution in [3.63, 3.8) is 0 Å². The Labute approximate surface area is 269 Å². The van der Waals surface area contributed by atoms with Gasteiger partial charge in [0, 0.05) is 63.4 Å². The van der Waals surface area contributed by atoms with E-state index in [1.54, 1.807) is 27.8 Å². The van der Waals surface area contributed by atoms with Crippen molar-refractivity contribution in [3.8, 4) is 11.3 Å². The van der Waals surface area contributed by atoms with Gasteiger partial charge in [-0.3, -0.25) is 4.40 Å². The molecule has 1 aliphatic rings. The first-order valence-electron chi connectivity index (χ1n) is 15.2. The van der Waals surface area contributed by atoms with Crippen LogP contribution in [0.5, 0.6) is 0 Å². The van der Waals surface area contributed by atoms with Gasteiger partial charge in [-0.1, -0.05) is 31.2 Å². The highest BCUT2D eigenvalue weighted by Gasteiger charge is 2.29. The minimum atomic E-state index is -1.28. The number of ether oxygens (including phenoxy) is 3. The van der Waals surface area contributed by atoms with Gasteiger partial charge in [-0.15, -0.1) is 0 Å². The molecule has 4 aromatic heterocycles. The molecule has 0 unspecified atom stereocenters. The summed E-state index contributed by atoms with van der Waals surface area (Å²) >= 11 is 6.98. The lowest BCUT2D eigenvalue weighted by atomic mass is 10.1. The summed E-state index contributed by atoms with van der Waals surface area (Å²) in [5, 5.41) is 4.66. The maximum atomic E-state index is 12.8. The van der Waals surface area contributed by atoms with E-state index in [9.17, 15) is 9.59 Å². The van der Waals surface area contributed by atoms with Crippen molar-refractivity contribution in [2.24, 2.45) is 0 Å². The molecule has 12 nitrogen and oxygen atoms in total. The van der Waals surface area contributed by atoms with Crippen LogP contribution >= 0.6 is 11.6 Å². The zero-order chi connectivity index (χ0) is 32.5. The fourth-order valence-electron chi connectivity index (χ4n) is 5.22.